The molecule has 4 nitrogen and oxygen atoms in total. The van der Waals surface area contributed by atoms with Crippen molar-refractivity contribution in [2.24, 2.45) is 0 Å². The Morgan fingerprint density at radius 2 is 1.83 bits per heavy atom. The van der Waals surface area contributed by atoms with E-state index in [0.717, 1.165) is 24.0 Å². The molecule has 0 radical (unpaired) electrons. The average Bonchev–Trinajstić information content (AvgIpc) is 2.89. The zero-order chi connectivity index (χ0) is 16.5. The van der Waals surface area contributed by atoms with Gasteiger partial charge in [0.1, 0.15) is 5.75 Å². The van der Waals surface area contributed by atoms with Crippen molar-refractivity contribution in [2.75, 3.05) is 0 Å². The van der Waals surface area contributed by atoms with Gasteiger partial charge in [0.25, 0.3) is 0 Å². The van der Waals surface area contributed by atoms with E-state index in [1.807, 2.05) is 6.92 Å². The Hall–Kier alpha value is -2.46. The quantitative estimate of drug-likeness (QED) is 0.773. The van der Waals surface area contributed by atoms with Crippen LogP contribution in [0.3, 0.4) is 0 Å². The van der Waals surface area contributed by atoms with Gasteiger partial charge in [-0.25, -0.2) is 0 Å². The van der Waals surface area contributed by atoms with Crippen molar-refractivity contribution in [3.05, 3.63) is 63.3 Å². The number of phenolic OH excluding ortho intramolecular Hbond substituents is 1. The maximum absolute atomic E-state index is 12.9. The van der Waals surface area contributed by atoms with Crippen LogP contribution in [0.1, 0.15) is 47.4 Å². The predicted octanol–water partition coefficient (Wildman–Crippen LogP) is 2.87. The number of aromatic hydroxyl groups is 1. The van der Waals surface area contributed by atoms with E-state index >= 15 is 0 Å². The number of allylic oxidation sites excluding steroid dienone is 4. The second-order valence-corrected chi connectivity index (χ2v) is 6.45. The molecule has 0 fully saturated rings. The smallest absolute Gasteiger partial charge is 0.204 e. The molecule has 116 valence electrons. The fraction of sp³-hybridized carbons (Fsp3) is 0.263. The Morgan fingerprint density at radius 1 is 1.09 bits per heavy atom. The first-order chi connectivity index (χ1) is 10.9. The van der Waals surface area contributed by atoms with Gasteiger partial charge < -0.3 is 10.2 Å². The van der Waals surface area contributed by atoms with Crippen LogP contribution in [0.4, 0.5) is 0 Å². The monoisotopic (exact) mass is 308 g/mol. The third-order valence-electron chi connectivity index (χ3n) is 5.27. The summed E-state index contributed by atoms with van der Waals surface area (Å²) in [4.78, 5) is 25.8. The number of rotatable bonds is 0. The Bertz CT molecular complexity index is 898. The van der Waals surface area contributed by atoms with Crippen molar-refractivity contribution in [2.45, 2.75) is 32.3 Å². The second kappa shape index (κ2) is 4.30. The van der Waals surface area contributed by atoms with Crippen LogP contribution in [0.5, 0.6) is 5.75 Å². The molecular formula is C19H16O4. The number of carbonyl (C=O) groups is 2. The van der Waals surface area contributed by atoms with Crippen LogP contribution in [0, 0.1) is 0 Å². The van der Waals surface area contributed by atoms with Crippen molar-refractivity contribution >= 4 is 11.6 Å². The zero-order valence-corrected chi connectivity index (χ0v) is 12.9. The van der Waals surface area contributed by atoms with Gasteiger partial charge in [-0.1, -0.05) is 5.57 Å². The Kier molecular flexibility index (Phi) is 2.64. The molecule has 1 aromatic rings. The van der Waals surface area contributed by atoms with Gasteiger partial charge in [0, 0.05) is 16.7 Å². The summed E-state index contributed by atoms with van der Waals surface area (Å²) in [7, 11) is 0. The number of carbonyl (C=O) groups excluding carboxylic acids is 2. The van der Waals surface area contributed by atoms with Crippen molar-refractivity contribution in [3.63, 3.8) is 0 Å². The SMILES string of the molecule is CC1=C2C=C3C(=O)c4ccc(O)cc4C(=O)[C@]3(O)C(C)=C2CC1. The number of aliphatic hydroxyl groups is 1. The molecule has 4 heteroatoms. The third-order valence-corrected chi connectivity index (χ3v) is 5.27. The molecule has 0 saturated heterocycles. The van der Waals surface area contributed by atoms with E-state index in [0.29, 0.717) is 5.57 Å². The summed E-state index contributed by atoms with van der Waals surface area (Å²) in [5.74, 6) is -0.991. The molecule has 0 aromatic heterocycles. The predicted molar refractivity (Wildman–Crippen MR) is 84.4 cm³/mol. The maximum Gasteiger partial charge on any atom is 0.204 e. The molecule has 2 N–H and O–H groups in total. The molecule has 1 atom stereocenters. The van der Waals surface area contributed by atoms with E-state index in [4.69, 9.17) is 0 Å². The van der Waals surface area contributed by atoms with Gasteiger partial charge in [-0.3, -0.25) is 9.59 Å². The summed E-state index contributed by atoms with van der Waals surface area (Å²) in [6.45, 7) is 3.73. The lowest BCUT2D eigenvalue weighted by atomic mass is 9.66. The van der Waals surface area contributed by atoms with Gasteiger partial charge in [-0.05, 0) is 67.7 Å². The highest BCUT2D eigenvalue weighted by atomic mass is 16.3. The second-order valence-electron chi connectivity index (χ2n) is 6.45. The van der Waals surface area contributed by atoms with Crippen molar-refractivity contribution < 1.29 is 19.8 Å². The molecule has 0 bridgehead atoms. The minimum Gasteiger partial charge on any atom is -0.508 e. The van der Waals surface area contributed by atoms with Crippen molar-refractivity contribution in [1.29, 1.82) is 0 Å². The molecule has 0 aliphatic heterocycles. The van der Waals surface area contributed by atoms with Gasteiger partial charge in [0.15, 0.2) is 11.4 Å². The van der Waals surface area contributed by atoms with Gasteiger partial charge in [-0.2, -0.15) is 0 Å². The number of phenols is 1. The topological polar surface area (TPSA) is 74.6 Å². The third kappa shape index (κ3) is 1.59. The first-order valence-corrected chi connectivity index (χ1v) is 7.63. The molecular weight excluding hydrogens is 292 g/mol. The van der Waals surface area contributed by atoms with Crippen LogP contribution in [0.25, 0.3) is 0 Å². The molecule has 0 amide bonds. The summed E-state index contributed by atoms with van der Waals surface area (Å²) in [6.07, 6.45) is 3.33. The molecule has 0 unspecified atom stereocenters. The van der Waals surface area contributed by atoms with Gasteiger partial charge in [0.05, 0.1) is 0 Å². The summed E-state index contributed by atoms with van der Waals surface area (Å²) in [6, 6.07) is 4.08. The number of benzene rings is 1. The zero-order valence-electron chi connectivity index (χ0n) is 12.9. The van der Waals surface area contributed by atoms with Crippen LogP contribution in [-0.4, -0.2) is 27.4 Å². The molecule has 0 spiro atoms. The van der Waals surface area contributed by atoms with E-state index < -0.39 is 11.4 Å². The number of Topliss-reactive ketones (excluding diaryl/α,β-unsaturated/α-hetero) is 2. The highest BCUT2D eigenvalue weighted by Crippen LogP contribution is 2.48. The highest BCUT2D eigenvalue weighted by molar-refractivity contribution is 6.28. The number of hydrogen-bond donors (Lipinski definition) is 2. The number of hydrogen-bond acceptors (Lipinski definition) is 4. The number of ketones is 2. The lowest BCUT2D eigenvalue weighted by Gasteiger charge is -2.38. The van der Waals surface area contributed by atoms with E-state index in [-0.39, 0.29) is 28.2 Å². The van der Waals surface area contributed by atoms with Crippen molar-refractivity contribution in [1.82, 2.24) is 0 Å². The fourth-order valence-electron chi connectivity index (χ4n) is 3.89. The van der Waals surface area contributed by atoms with Crippen LogP contribution in [0.15, 0.2) is 52.1 Å². The van der Waals surface area contributed by atoms with Gasteiger partial charge in [0.2, 0.25) is 5.78 Å². The minimum atomic E-state index is -1.92. The summed E-state index contributed by atoms with van der Waals surface area (Å²) in [5.41, 5.74) is 2.16. The van der Waals surface area contributed by atoms with Crippen molar-refractivity contribution in [3.8, 4) is 5.75 Å². The summed E-state index contributed by atoms with van der Waals surface area (Å²) < 4.78 is 0. The van der Waals surface area contributed by atoms with E-state index in [2.05, 4.69) is 0 Å². The van der Waals surface area contributed by atoms with Crippen LogP contribution in [0.2, 0.25) is 0 Å². The number of fused-ring (bicyclic) bond motifs is 3. The van der Waals surface area contributed by atoms with Crippen LogP contribution < -0.4 is 0 Å². The molecule has 23 heavy (non-hydrogen) atoms. The van der Waals surface area contributed by atoms with E-state index in [1.54, 1.807) is 13.0 Å². The van der Waals surface area contributed by atoms with Gasteiger partial charge >= 0.3 is 0 Å². The van der Waals surface area contributed by atoms with Gasteiger partial charge in [-0.15, -0.1) is 0 Å². The summed E-state index contributed by atoms with van der Waals surface area (Å²) >= 11 is 0. The Morgan fingerprint density at radius 3 is 2.57 bits per heavy atom. The average molecular weight is 308 g/mol. The molecule has 4 rings (SSSR count). The lowest BCUT2D eigenvalue weighted by Crippen LogP contribution is -2.50. The fourth-order valence-corrected chi connectivity index (χ4v) is 3.89. The largest absolute Gasteiger partial charge is 0.508 e. The first kappa shape index (κ1) is 14.2. The van der Waals surface area contributed by atoms with Crippen LogP contribution >= 0.6 is 0 Å². The maximum atomic E-state index is 12.9. The Balaban J connectivity index is 2.05. The standard InChI is InChI=1S/C19H16O4/c1-9-3-5-12-10(2)19(23)16(8-14(9)12)17(21)13-6-4-11(20)7-15(13)18(19)22/h4,6-8,20,23H,3,5H2,1-2H3/t19-/m0/s1. The summed E-state index contributed by atoms with van der Waals surface area (Å²) in [5, 5.41) is 20.8. The van der Waals surface area contributed by atoms with Crippen LogP contribution in [-0.2, 0) is 0 Å². The lowest BCUT2D eigenvalue weighted by molar-refractivity contribution is 0.0552. The molecule has 3 aliphatic carbocycles. The normalized spacial score (nSPS) is 26.1. The molecule has 1 aromatic carbocycles. The highest BCUT2D eigenvalue weighted by Gasteiger charge is 2.53. The van der Waals surface area contributed by atoms with E-state index in [1.165, 1.54) is 23.8 Å². The first-order valence-electron chi connectivity index (χ1n) is 7.63. The minimum absolute atomic E-state index is 0.0803. The molecule has 0 saturated carbocycles. The van der Waals surface area contributed by atoms with E-state index in [9.17, 15) is 19.8 Å². The molecule has 0 heterocycles. The molecule has 3 aliphatic rings. The Labute approximate surface area is 133 Å².